The van der Waals surface area contributed by atoms with Crippen LogP contribution < -0.4 is 5.32 Å². The van der Waals surface area contributed by atoms with Crippen LogP contribution in [0, 0.1) is 0 Å². The van der Waals surface area contributed by atoms with Crippen molar-refractivity contribution in [1.82, 2.24) is 25.2 Å². The summed E-state index contributed by atoms with van der Waals surface area (Å²) < 4.78 is 6.27. The molecular formula is C20H22N6O6S2. The van der Waals surface area contributed by atoms with Crippen molar-refractivity contribution in [2.75, 3.05) is 30.7 Å². The highest BCUT2D eigenvalue weighted by atomic mass is 32.2. The van der Waals surface area contributed by atoms with Gasteiger partial charge in [0.05, 0.1) is 12.5 Å². The van der Waals surface area contributed by atoms with Gasteiger partial charge >= 0.3 is 11.9 Å². The second-order valence-corrected chi connectivity index (χ2v) is 9.56. The molecule has 1 amide bonds. The van der Waals surface area contributed by atoms with E-state index in [-0.39, 0.29) is 11.8 Å². The molecule has 4 rings (SSSR count). The number of nitrogens with zero attached hydrogens (tertiary/aromatic N) is 5. The number of rotatable bonds is 8. The van der Waals surface area contributed by atoms with Crippen molar-refractivity contribution >= 4 is 46.1 Å². The molecule has 3 aromatic rings. The van der Waals surface area contributed by atoms with Crippen LogP contribution in [-0.4, -0.2) is 78.7 Å². The van der Waals surface area contributed by atoms with Gasteiger partial charge in [0.15, 0.2) is 10.2 Å². The average Bonchev–Trinajstić information content (AvgIpc) is 3.41. The van der Waals surface area contributed by atoms with Crippen molar-refractivity contribution in [3.63, 3.8) is 0 Å². The number of thioether (sulfide) groups is 1. The van der Waals surface area contributed by atoms with Crippen LogP contribution in [0.2, 0.25) is 0 Å². The van der Waals surface area contributed by atoms with Gasteiger partial charge < -0.3 is 14.7 Å². The molecule has 3 N–H and O–H groups in total. The normalized spacial score (nSPS) is 13.4. The first-order chi connectivity index (χ1) is 16.3. The zero-order valence-electron chi connectivity index (χ0n) is 18.1. The monoisotopic (exact) mass is 506 g/mol. The van der Waals surface area contributed by atoms with E-state index < -0.39 is 11.9 Å². The van der Waals surface area contributed by atoms with Crippen LogP contribution in [0.4, 0.5) is 5.13 Å². The predicted molar refractivity (Wildman–Crippen MR) is 123 cm³/mol. The minimum absolute atomic E-state index is 0.0852. The summed E-state index contributed by atoms with van der Waals surface area (Å²) in [5.41, 5.74) is 1.15. The van der Waals surface area contributed by atoms with Crippen molar-refractivity contribution in [1.29, 1.82) is 0 Å². The smallest absolute Gasteiger partial charge is 0.414 e. The standard InChI is InChI=1S/C18H20N6O2S2.C2H2O4/c1-2-27-18-22-21-17(28-18)20-15(25)11-24-9-13(10-24)16-19-14(23-26-16)8-12-6-4-3-5-7-12;3-1(4)2(5)6/h3-7,13H,2,8-11H2,1H3,(H,20,21,25);(H,3,4)(H,5,6). The predicted octanol–water partition coefficient (Wildman–Crippen LogP) is 1.82. The summed E-state index contributed by atoms with van der Waals surface area (Å²) in [6, 6.07) is 10.1. The topological polar surface area (TPSA) is 172 Å². The van der Waals surface area contributed by atoms with Crippen molar-refractivity contribution in [3.8, 4) is 0 Å². The van der Waals surface area contributed by atoms with E-state index in [2.05, 4.69) is 32.6 Å². The number of hydrogen-bond donors (Lipinski definition) is 3. The zero-order chi connectivity index (χ0) is 24.5. The molecule has 1 aliphatic heterocycles. The van der Waals surface area contributed by atoms with Crippen LogP contribution >= 0.6 is 23.1 Å². The number of anilines is 1. The molecule has 3 heterocycles. The number of likely N-dealkylation sites (tertiary alicyclic amines) is 1. The number of nitrogens with one attached hydrogen (secondary N) is 1. The highest BCUT2D eigenvalue weighted by Gasteiger charge is 2.33. The van der Waals surface area contributed by atoms with Gasteiger partial charge in [0, 0.05) is 19.5 Å². The Bertz CT molecular complexity index is 1100. The molecule has 0 aliphatic carbocycles. The van der Waals surface area contributed by atoms with E-state index >= 15 is 0 Å². The zero-order valence-corrected chi connectivity index (χ0v) is 19.7. The molecule has 34 heavy (non-hydrogen) atoms. The first-order valence-corrected chi connectivity index (χ1v) is 11.9. The van der Waals surface area contributed by atoms with Crippen molar-refractivity contribution in [3.05, 3.63) is 47.6 Å². The lowest BCUT2D eigenvalue weighted by atomic mass is 10.0. The average molecular weight is 507 g/mol. The lowest BCUT2D eigenvalue weighted by Gasteiger charge is -2.36. The van der Waals surface area contributed by atoms with E-state index in [9.17, 15) is 4.79 Å². The molecule has 1 aliphatic rings. The van der Waals surface area contributed by atoms with E-state index in [1.807, 2.05) is 35.2 Å². The minimum Gasteiger partial charge on any atom is -0.473 e. The van der Waals surface area contributed by atoms with Gasteiger partial charge in [-0.2, -0.15) is 4.98 Å². The molecule has 12 nitrogen and oxygen atoms in total. The quantitative estimate of drug-likeness (QED) is 0.230. The Morgan fingerprint density at radius 1 is 1.18 bits per heavy atom. The SMILES string of the molecule is CCSc1nnc(NC(=O)CN2CC(c3nc(Cc4ccccc4)no3)C2)s1.O=C(O)C(=O)O. The third-order valence-corrected chi connectivity index (χ3v) is 6.32. The molecule has 1 fully saturated rings. The Kier molecular flexibility index (Phi) is 9.07. The van der Waals surface area contributed by atoms with E-state index in [0.29, 0.717) is 29.8 Å². The molecule has 180 valence electrons. The van der Waals surface area contributed by atoms with Crippen LogP contribution in [0.1, 0.15) is 30.1 Å². The highest BCUT2D eigenvalue weighted by molar-refractivity contribution is 8.01. The number of aliphatic carboxylic acids is 2. The third kappa shape index (κ3) is 7.60. The van der Waals surface area contributed by atoms with Crippen molar-refractivity contribution in [2.24, 2.45) is 0 Å². The molecule has 1 aromatic carbocycles. The fourth-order valence-corrected chi connectivity index (χ4v) is 4.61. The third-order valence-electron chi connectivity index (χ3n) is 4.47. The first kappa shape index (κ1) is 25.3. The largest absolute Gasteiger partial charge is 0.473 e. The van der Waals surface area contributed by atoms with Gasteiger partial charge in [-0.15, -0.1) is 10.2 Å². The molecule has 14 heteroatoms. The van der Waals surface area contributed by atoms with Crippen LogP contribution in [0.5, 0.6) is 0 Å². The number of carboxylic acids is 2. The maximum absolute atomic E-state index is 12.2. The maximum atomic E-state index is 12.2. The maximum Gasteiger partial charge on any atom is 0.414 e. The number of benzene rings is 1. The van der Waals surface area contributed by atoms with E-state index in [1.165, 1.54) is 11.3 Å². The number of carboxylic acid groups (broad SMARTS) is 2. The number of amides is 1. The van der Waals surface area contributed by atoms with Gasteiger partial charge in [-0.25, -0.2) is 9.59 Å². The second-order valence-electron chi connectivity index (χ2n) is 7.07. The molecule has 0 radical (unpaired) electrons. The molecule has 0 atom stereocenters. The molecule has 1 saturated heterocycles. The van der Waals surface area contributed by atoms with Gasteiger partial charge in [-0.1, -0.05) is 65.5 Å². The fourth-order valence-electron chi connectivity index (χ4n) is 2.94. The van der Waals surface area contributed by atoms with Crippen molar-refractivity contribution < 1.29 is 29.1 Å². The lowest BCUT2D eigenvalue weighted by molar-refractivity contribution is -0.159. The van der Waals surface area contributed by atoms with E-state index in [4.69, 9.17) is 24.3 Å². The Morgan fingerprint density at radius 3 is 2.53 bits per heavy atom. The van der Waals surface area contributed by atoms with Crippen LogP contribution in [0.25, 0.3) is 0 Å². The molecule has 2 aromatic heterocycles. The molecular weight excluding hydrogens is 484 g/mol. The van der Waals surface area contributed by atoms with Gasteiger partial charge in [0.25, 0.3) is 0 Å². The van der Waals surface area contributed by atoms with Crippen molar-refractivity contribution in [2.45, 2.75) is 23.6 Å². The molecule has 0 saturated carbocycles. The molecule has 0 bridgehead atoms. The summed E-state index contributed by atoms with van der Waals surface area (Å²) in [5, 5.41) is 30.2. The fraction of sp³-hybridized carbons (Fsp3) is 0.350. The Balaban J connectivity index is 0.000000481. The Morgan fingerprint density at radius 2 is 1.88 bits per heavy atom. The van der Waals surface area contributed by atoms with E-state index in [1.54, 1.807) is 11.8 Å². The number of carbonyl (C=O) groups excluding carboxylic acids is 1. The number of carbonyl (C=O) groups is 3. The van der Waals surface area contributed by atoms with Gasteiger partial charge in [0.1, 0.15) is 0 Å². The van der Waals surface area contributed by atoms with E-state index in [0.717, 1.165) is 28.7 Å². The number of hydrogen-bond acceptors (Lipinski definition) is 11. The van der Waals surface area contributed by atoms with Gasteiger partial charge in [0.2, 0.25) is 16.9 Å². The summed E-state index contributed by atoms with van der Waals surface area (Å²) in [7, 11) is 0. The van der Waals surface area contributed by atoms with Crippen LogP contribution in [-0.2, 0) is 20.8 Å². The van der Waals surface area contributed by atoms with Gasteiger partial charge in [-0.3, -0.25) is 15.0 Å². The summed E-state index contributed by atoms with van der Waals surface area (Å²) in [5.74, 6) is -1.29. The summed E-state index contributed by atoms with van der Waals surface area (Å²) in [6.45, 7) is 3.83. The van der Waals surface area contributed by atoms with Crippen LogP contribution in [0.15, 0.2) is 39.2 Å². The van der Waals surface area contributed by atoms with Gasteiger partial charge in [-0.05, 0) is 11.3 Å². The summed E-state index contributed by atoms with van der Waals surface area (Å²) in [6.07, 6.45) is 0.656. The first-order valence-electron chi connectivity index (χ1n) is 10.1. The lowest BCUT2D eigenvalue weighted by Crippen LogP contribution is -2.48. The minimum atomic E-state index is -1.82. The van der Waals surface area contributed by atoms with Crippen LogP contribution in [0.3, 0.4) is 0 Å². The summed E-state index contributed by atoms with van der Waals surface area (Å²) >= 11 is 3.01. The summed E-state index contributed by atoms with van der Waals surface area (Å²) in [4.78, 5) is 36.9. The second kappa shape index (κ2) is 12.2. The molecule has 0 unspecified atom stereocenters. The Labute approximate surface area is 202 Å². The molecule has 0 spiro atoms. The highest BCUT2D eigenvalue weighted by Crippen LogP contribution is 2.27. The number of aromatic nitrogens is 4. The Hall–Kier alpha value is -3.36.